The smallest absolute Gasteiger partial charge is 0.254 e. The zero-order valence-corrected chi connectivity index (χ0v) is 22.7. The molecule has 0 spiro atoms. The maximum atomic E-state index is 12.4. The van der Waals surface area contributed by atoms with E-state index in [1.54, 1.807) is 35.0 Å². The summed E-state index contributed by atoms with van der Waals surface area (Å²) in [6.07, 6.45) is 7.77. The molecule has 1 aromatic carbocycles. The highest BCUT2D eigenvalue weighted by Gasteiger charge is 2.24. The standard InChI is InChI=1S/C27H30N10O4/c1-4-22(38)36-9-5-6-19(15-36)37-14-18(12-32-37)33-27-31-13-20(24(29)39)25(35-27)34-23-16(2)10-17(11-21(23)41-3)26(40)30-8-7-28/h4,10-14,19H,1,5-6,8-9,15H2,2-3H3,(H2,29,39)(H,30,40)(H2,31,33,34,35)/t19-/m1/s1. The fourth-order valence-electron chi connectivity index (χ4n) is 4.50. The van der Waals surface area contributed by atoms with Crippen LogP contribution in [-0.4, -0.2) is 69.1 Å². The number of anilines is 4. The number of likely N-dealkylation sites (tertiary alicyclic amines) is 1. The predicted molar refractivity (Wildman–Crippen MR) is 150 cm³/mol. The molecule has 3 amide bonds. The number of hydrogen-bond donors (Lipinski definition) is 4. The van der Waals surface area contributed by atoms with Gasteiger partial charge in [-0.05, 0) is 43.5 Å². The van der Waals surface area contributed by atoms with Gasteiger partial charge in [-0.2, -0.15) is 15.3 Å². The van der Waals surface area contributed by atoms with Crippen molar-refractivity contribution in [1.82, 2.24) is 30.0 Å². The summed E-state index contributed by atoms with van der Waals surface area (Å²) < 4.78 is 7.28. The van der Waals surface area contributed by atoms with Gasteiger partial charge in [0.15, 0.2) is 0 Å². The number of nitriles is 1. The van der Waals surface area contributed by atoms with Crippen LogP contribution in [-0.2, 0) is 4.79 Å². The van der Waals surface area contributed by atoms with E-state index < -0.39 is 11.8 Å². The zero-order chi connectivity index (χ0) is 29.5. The molecule has 2 aromatic heterocycles. The number of aromatic nitrogens is 4. The Hall–Kier alpha value is -5.45. The van der Waals surface area contributed by atoms with Gasteiger partial charge in [0.2, 0.25) is 11.9 Å². The summed E-state index contributed by atoms with van der Waals surface area (Å²) in [7, 11) is 1.44. The molecule has 0 radical (unpaired) electrons. The first-order chi connectivity index (χ1) is 19.7. The Morgan fingerprint density at radius 1 is 1.29 bits per heavy atom. The van der Waals surface area contributed by atoms with Gasteiger partial charge < -0.3 is 31.3 Å². The summed E-state index contributed by atoms with van der Waals surface area (Å²) in [5, 5.41) is 21.8. The molecule has 0 bridgehead atoms. The number of primary amides is 1. The van der Waals surface area contributed by atoms with Crippen LogP contribution in [0.3, 0.4) is 0 Å². The molecule has 4 rings (SSSR count). The summed E-state index contributed by atoms with van der Waals surface area (Å²) >= 11 is 0. The highest BCUT2D eigenvalue weighted by atomic mass is 16.5. The molecular weight excluding hydrogens is 528 g/mol. The number of nitrogens with two attached hydrogens (primary N) is 1. The second-order valence-electron chi connectivity index (χ2n) is 9.27. The van der Waals surface area contributed by atoms with Gasteiger partial charge in [0, 0.05) is 31.0 Å². The fourth-order valence-corrected chi connectivity index (χ4v) is 4.50. The van der Waals surface area contributed by atoms with Gasteiger partial charge in [-0.3, -0.25) is 19.1 Å². The second-order valence-corrected chi connectivity index (χ2v) is 9.27. The van der Waals surface area contributed by atoms with Crippen molar-refractivity contribution in [3.8, 4) is 11.8 Å². The molecule has 5 N–H and O–H groups in total. The predicted octanol–water partition coefficient (Wildman–Crippen LogP) is 2.18. The highest BCUT2D eigenvalue weighted by Crippen LogP contribution is 2.33. The first-order valence-electron chi connectivity index (χ1n) is 12.7. The largest absolute Gasteiger partial charge is 0.495 e. The number of amides is 3. The number of nitrogens with zero attached hydrogens (tertiary/aromatic N) is 6. The third-order valence-corrected chi connectivity index (χ3v) is 6.52. The van der Waals surface area contributed by atoms with E-state index in [1.165, 1.54) is 25.4 Å². The van der Waals surface area contributed by atoms with Crippen molar-refractivity contribution < 1.29 is 19.1 Å². The van der Waals surface area contributed by atoms with Crippen molar-refractivity contribution in [2.24, 2.45) is 5.73 Å². The molecule has 1 fully saturated rings. The van der Waals surface area contributed by atoms with E-state index in [2.05, 4.69) is 37.6 Å². The molecule has 0 aliphatic carbocycles. The molecule has 41 heavy (non-hydrogen) atoms. The zero-order valence-electron chi connectivity index (χ0n) is 22.7. The van der Waals surface area contributed by atoms with Crippen LogP contribution in [0.4, 0.5) is 23.1 Å². The lowest BCUT2D eigenvalue weighted by atomic mass is 10.1. The maximum absolute atomic E-state index is 12.4. The van der Waals surface area contributed by atoms with Crippen LogP contribution >= 0.6 is 0 Å². The molecule has 1 atom stereocenters. The normalized spacial score (nSPS) is 14.5. The molecule has 1 aliphatic heterocycles. The Labute approximate surface area is 236 Å². The lowest BCUT2D eigenvalue weighted by Crippen LogP contribution is -2.39. The summed E-state index contributed by atoms with van der Waals surface area (Å²) in [5.74, 6) is -0.670. The number of benzene rings is 1. The number of piperidine rings is 1. The first-order valence-corrected chi connectivity index (χ1v) is 12.7. The van der Waals surface area contributed by atoms with Crippen LogP contribution < -0.4 is 26.4 Å². The highest BCUT2D eigenvalue weighted by molar-refractivity contribution is 5.99. The lowest BCUT2D eigenvalue weighted by Gasteiger charge is -2.32. The summed E-state index contributed by atoms with van der Waals surface area (Å²) in [5.41, 5.74) is 7.60. The topological polar surface area (TPSA) is 193 Å². The molecule has 0 saturated carbocycles. The van der Waals surface area contributed by atoms with Crippen molar-refractivity contribution >= 4 is 40.9 Å². The van der Waals surface area contributed by atoms with Crippen molar-refractivity contribution in [1.29, 1.82) is 5.26 Å². The van der Waals surface area contributed by atoms with Crippen LogP contribution in [0.25, 0.3) is 0 Å². The van der Waals surface area contributed by atoms with E-state index >= 15 is 0 Å². The van der Waals surface area contributed by atoms with Gasteiger partial charge >= 0.3 is 0 Å². The molecule has 1 saturated heterocycles. The molecule has 14 nitrogen and oxygen atoms in total. The van der Waals surface area contributed by atoms with Gasteiger partial charge in [-0.1, -0.05) is 6.58 Å². The first kappa shape index (κ1) is 28.6. The minimum Gasteiger partial charge on any atom is -0.495 e. The number of rotatable bonds is 10. The molecule has 3 heterocycles. The van der Waals surface area contributed by atoms with E-state index in [9.17, 15) is 14.4 Å². The van der Waals surface area contributed by atoms with Gasteiger partial charge in [0.1, 0.15) is 23.7 Å². The summed E-state index contributed by atoms with van der Waals surface area (Å²) in [6.45, 7) is 6.40. The van der Waals surface area contributed by atoms with Gasteiger partial charge in [0.05, 0.1) is 36.8 Å². The van der Waals surface area contributed by atoms with E-state index in [-0.39, 0.29) is 35.8 Å². The molecule has 1 aliphatic rings. The average molecular weight is 559 g/mol. The SMILES string of the molecule is C=CC(=O)N1CCC[C@@H](n2cc(Nc3ncc(C(N)=O)c(Nc4c(C)cc(C(=O)NCC#N)cc4OC)n3)cn2)C1. The molecule has 14 heteroatoms. The van der Waals surface area contributed by atoms with Crippen LogP contribution in [0, 0.1) is 18.3 Å². The van der Waals surface area contributed by atoms with Crippen molar-refractivity contribution in [3.05, 3.63) is 60.1 Å². The number of aryl methyl sites for hydroxylation is 1. The van der Waals surface area contributed by atoms with Gasteiger partial charge in [-0.25, -0.2) is 4.98 Å². The maximum Gasteiger partial charge on any atom is 0.254 e. The van der Waals surface area contributed by atoms with Crippen LogP contribution in [0.1, 0.15) is 45.2 Å². The number of carbonyl (C=O) groups excluding carboxylic acids is 3. The van der Waals surface area contributed by atoms with Gasteiger partial charge in [-0.15, -0.1) is 0 Å². The van der Waals surface area contributed by atoms with E-state index in [1.807, 2.05) is 6.07 Å². The number of ether oxygens (including phenoxy) is 1. The van der Waals surface area contributed by atoms with E-state index in [0.717, 1.165) is 12.8 Å². The molecule has 3 aromatic rings. The van der Waals surface area contributed by atoms with Crippen LogP contribution in [0.5, 0.6) is 5.75 Å². The quantitative estimate of drug-likeness (QED) is 0.212. The van der Waals surface area contributed by atoms with Crippen molar-refractivity contribution in [2.45, 2.75) is 25.8 Å². The number of carbonyl (C=O) groups is 3. The number of nitrogens with one attached hydrogen (secondary N) is 3. The van der Waals surface area contributed by atoms with Crippen LogP contribution in [0.15, 0.2) is 43.4 Å². The molecule has 0 unspecified atom stereocenters. The monoisotopic (exact) mass is 558 g/mol. The minimum atomic E-state index is -0.744. The Morgan fingerprint density at radius 2 is 2.10 bits per heavy atom. The average Bonchev–Trinajstić information content (AvgIpc) is 3.44. The summed E-state index contributed by atoms with van der Waals surface area (Å²) in [6, 6.07) is 5.00. The third-order valence-electron chi connectivity index (χ3n) is 6.52. The Morgan fingerprint density at radius 3 is 2.80 bits per heavy atom. The Kier molecular flexibility index (Phi) is 8.78. The van der Waals surface area contributed by atoms with Crippen molar-refractivity contribution in [2.75, 3.05) is 37.4 Å². The van der Waals surface area contributed by atoms with Crippen molar-refractivity contribution in [3.63, 3.8) is 0 Å². The fraction of sp³-hybridized carbons (Fsp3) is 0.296. The number of hydrogen-bond acceptors (Lipinski definition) is 10. The van der Waals surface area contributed by atoms with E-state index in [4.69, 9.17) is 15.7 Å². The molecule has 212 valence electrons. The minimum absolute atomic E-state index is 0.0129. The lowest BCUT2D eigenvalue weighted by molar-refractivity contribution is -0.127. The Balaban J connectivity index is 1.57. The van der Waals surface area contributed by atoms with E-state index in [0.29, 0.717) is 41.3 Å². The number of methoxy groups -OCH3 is 1. The van der Waals surface area contributed by atoms with Crippen LogP contribution in [0.2, 0.25) is 0 Å². The van der Waals surface area contributed by atoms with Gasteiger partial charge in [0.25, 0.3) is 11.8 Å². The third kappa shape index (κ3) is 6.59. The summed E-state index contributed by atoms with van der Waals surface area (Å²) in [4.78, 5) is 47.0. The molecular formula is C27H30N10O4. The Bertz CT molecular complexity index is 1530. The second kappa shape index (κ2) is 12.6.